The number of ether oxygens (including phenoxy) is 1. The second kappa shape index (κ2) is 2.42. The molecule has 0 unspecified atom stereocenters. The fourth-order valence-electron chi connectivity index (χ4n) is 0.628. The van der Waals surface area contributed by atoms with Crippen molar-refractivity contribution in [2.45, 2.75) is 19.4 Å². The summed E-state index contributed by atoms with van der Waals surface area (Å²) in [5, 5.41) is 3.76. The van der Waals surface area contributed by atoms with Crippen LogP contribution in [0.5, 0.6) is 0 Å². The van der Waals surface area contributed by atoms with Gasteiger partial charge >= 0.3 is 0 Å². The third-order valence-corrected chi connectivity index (χ3v) is 1.56. The Morgan fingerprint density at radius 2 is 2.30 bits per heavy atom. The first-order chi connectivity index (χ1) is 4.67. The normalized spacial score (nSPS) is 11.9. The van der Waals surface area contributed by atoms with Gasteiger partial charge in [-0.05, 0) is 13.8 Å². The lowest BCUT2D eigenvalue weighted by molar-refractivity contribution is 0.0130. The fourth-order valence-corrected chi connectivity index (χ4v) is 0.628. The predicted molar refractivity (Wildman–Crippen MR) is 36.5 cm³/mol. The first-order valence-corrected chi connectivity index (χ1v) is 3.13. The van der Waals surface area contributed by atoms with Crippen LogP contribution in [0.3, 0.4) is 0 Å². The van der Waals surface area contributed by atoms with E-state index in [2.05, 4.69) is 9.68 Å². The first kappa shape index (κ1) is 7.28. The molecule has 0 spiro atoms. The van der Waals surface area contributed by atoms with Crippen molar-refractivity contribution in [1.29, 1.82) is 0 Å². The Bertz CT molecular complexity index is 191. The zero-order chi connectivity index (χ0) is 7.61. The van der Waals surface area contributed by atoms with Gasteiger partial charge in [0.2, 0.25) is 0 Å². The number of hydrogen-bond acceptors (Lipinski definition) is 3. The molecule has 0 saturated heterocycles. The molecule has 0 amide bonds. The van der Waals surface area contributed by atoms with Gasteiger partial charge in [0.05, 0.1) is 0 Å². The lowest BCUT2D eigenvalue weighted by Gasteiger charge is -2.18. The average molecular weight is 141 g/mol. The minimum Gasteiger partial charge on any atom is -0.372 e. The zero-order valence-electron chi connectivity index (χ0n) is 6.42. The Balaban J connectivity index is 2.85. The molecule has 56 valence electrons. The molecule has 1 heterocycles. The highest BCUT2D eigenvalue weighted by Gasteiger charge is 2.21. The molecule has 0 fully saturated rings. The highest BCUT2D eigenvalue weighted by Crippen LogP contribution is 2.20. The maximum atomic E-state index is 5.16. The van der Waals surface area contributed by atoms with E-state index in [0.29, 0.717) is 0 Å². The second-order valence-corrected chi connectivity index (χ2v) is 2.60. The van der Waals surface area contributed by atoms with Crippen LogP contribution in [0.4, 0.5) is 0 Å². The summed E-state index contributed by atoms with van der Waals surface area (Å²) in [5.74, 6) is 0. The van der Waals surface area contributed by atoms with Crippen LogP contribution in [0.15, 0.2) is 16.9 Å². The molecule has 3 heteroatoms. The van der Waals surface area contributed by atoms with Gasteiger partial charge in [-0.15, -0.1) is 0 Å². The molecule has 0 radical (unpaired) electrons. The Labute approximate surface area is 60.0 Å². The topological polar surface area (TPSA) is 35.3 Å². The van der Waals surface area contributed by atoms with E-state index in [1.165, 1.54) is 6.26 Å². The summed E-state index contributed by atoms with van der Waals surface area (Å²) in [5.41, 5.74) is 0.475. The maximum Gasteiger partial charge on any atom is 0.124 e. The standard InChI is InChI=1S/C7H11NO2/c1-7(2,9-3)6-4-5-10-8-6/h4-5H,1-3H3. The molecule has 1 aromatic heterocycles. The highest BCUT2D eigenvalue weighted by molar-refractivity contribution is 5.05. The van der Waals surface area contributed by atoms with Gasteiger partial charge in [-0.1, -0.05) is 5.16 Å². The van der Waals surface area contributed by atoms with Crippen LogP contribution in [0.1, 0.15) is 19.5 Å². The number of aromatic nitrogens is 1. The largest absolute Gasteiger partial charge is 0.372 e. The van der Waals surface area contributed by atoms with Crippen LogP contribution in [-0.2, 0) is 10.3 Å². The zero-order valence-corrected chi connectivity index (χ0v) is 6.42. The molecule has 3 nitrogen and oxygen atoms in total. The number of rotatable bonds is 2. The summed E-state index contributed by atoms with van der Waals surface area (Å²) in [6.45, 7) is 3.87. The van der Waals surface area contributed by atoms with E-state index in [-0.39, 0.29) is 5.60 Å². The number of methoxy groups -OCH3 is 1. The average Bonchev–Trinajstić information content (AvgIpc) is 2.38. The van der Waals surface area contributed by atoms with Crippen molar-refractivity contribution in [3.63, 3.8) is 0 Å². The van der Waals surface area contributed by atoms with E-state index in [1.807, 2.05) is 13.8 Å². The molecule has 10 heavy (non-hydrogen) atoms. The molecule has 0 aliphatic heterocycles. The molecule has 0 aliphatic rings. The molecule has 0 aliphatic carbocycles. The van der Waals surface area contributed by atoms with Gasteiger partial charge in [0, 0.05) is 13.2 Å². The van der Waals surface area contributed by atoms with E-state index < -0.39 is 0 Å². The van der Waals surface area contributed by atoms with Gasteiger partial charge in [-0.2, -0.15) is 0 Å². The monoisotopic (exact) mass is 141 g/mol. The van der Waals surface area contributed by atoms with E-state index >= 15 is 0 Å². The molecule has 1 rings (SSSR count). The van der Waals surface area contributed by atoms with Crippen LogP contribution in [-0.4, -0.2) is 12.3 Å². The number of nitrogens with zero attached hydrogens (tertiary/aromatic N) is 1. The van der Waals surface area contributed by atoms with Crippen molar-refractivity contribution in [2.75, 3.05) is 7.11 Å². The van der Waals surface area contributed by atoms with Crippen molar-refractivity contribution >= 4 is 0 Å². The Hall–Kier alpha value is -0.830. The molecule has 0 aromatic carbocycles. The van der Waals surface area contributed by atoms with E-state index in [4.69, 9.17) is 4.74 Å². The first-order valence-electron chi connectivity index (χ1n) is 3.13. The van der Waals surface area contributed by atoms with Gasteiger partial charge in [0.25, 0.3) is 0 Å². The number of hydrogen-bond donors (Lipinski definition) is 0. The minimum atomic E-state index is -0.340. The van der Waals surface area contributed by atoms with Gasteiger partial charge in [0.1, 0.15) is 17.6 Å². The molecule has 0 N–H and O–H groups in total. The van der Waals surface area contributed by atoms with E-state index in [9.17, 15) is 0 Å². The van der Waals surface area contributed by atoms with Crippen molar-refractivity contribution in [3.8, 4) is 0 Å². The second-order valence-electron chi connectivity index (χ2n) is 2.60. The quantitative estimate of drug-likeness (QED) is 0.626. The lowest BCUT2D eigenvalue weighted by Crippen LogP contribution is -2.19. The van der Waals surface area contributed by atoms with Crippen LogP contribution in [0.2, 0.25) is 0 Å². The molecule has 0 atom stereocenters. The Morgan fingerprint density at radius 1 is 1.60 bits per heavy atom. The van der Waals surface area contributed by atoms with Crippen molar-refractivity contribution in [1.82, 2.24) is 5.16 Å². The van der Waals surface area contributed by atoms with Gasteiger partial charge in [0.15, 0.2) is 0 Å². The lowest BCUT2D eigenvalue weighted by atomic mass is 10.1. The third kappa shape index (κ3) is 1.19. The molecule has 0 bridgehead atoms. The fraction of sp³-hybridized carbons (Fsp3) is 0.571. The SMILES string of the molecule is COC(C)(C)c1ccon1. The van der Waals surface area contributed by atoms with E-state index in [1.54, 1.807) is 13.2 Å². The van der Waals surface area contributed by atoms with Crippen molar-refractivity contribution in [3.05, 3.63) is 18.0 Å². The smallest absolute Gasteiger partial charge is 0.124 e. The summed E-state index contributed by atoms with van der Waals surface area (Å²) < 4.78 is 9.83. The van der Waals surface area contributed by atoms with E-state index in [0.717, 1.165) is 5.69 Å². The van der Waals surface area contributed by atoms with Gasteiger partial charge < -0.3 is 9.26 Å². The summed E-state index contributed by atoms with van der Waals surface area (Å²) in [6, 6.07) is 1.80. The van der Waals surface area contributed by atoms with Crippen molar-refractivity contribution in [2.24, 2.45) is 0 Å². The summed E-state index contributed by atoms with van der Waals surface area (Å²) in [7, 11) is 1.65. The van der Waals surface area contributed by atoms with Gasteiger partial charge in [-0.25, -0.2) is 0 Å². The molecular formula is C7H11NO2. The van der Waals surface area contributed by atoms with Crippen LogP contribution in [0.25, 0.3) is 0 Å². The summed E-state index contributed by atoms with van der Waals surface area (Å²) >= 11 is 0. The molecule has 0 saturated carbocycles. The summed E-state index contributed by atoms with van der Waals surface area (Å²) in [6.07, 6.45) is 1.54. The minimum absolute atomic E-state index is 0.340. The van der Waals surface area contributed by atoms with Crippen LogP contribution >= 0.6 is 0 Å². The third-order valence-electron chi connectivity index (χ3n) is 1.56. The van der Waals surface area contributed by atoms with Gasteiger partial charge in [-0.3, -0.25) is 0 Å². The van der Waals surface area contributed by atoms with Crippen molar-refractivity contribution < 1.29 is 9.26 Å². The Kier molecular flexibility index (Phi) is 1.76. The van der Waals surface area contributed by atoms with Crippen LogP contribution in [0, 0.1) is 0 Å². The van der Waals surface area contributed by atoms with Crippen LogP contribution < -0.4 is 0 Å². The highest BCUT2D eigenvalue weighted by atomic mass is 16.5. The maximum absolute atomic E-state index is 5.16. The summed E-state index contributed by atoms with van der Waals surface area (Å²) in [4.78, 5) is 0. The molecular weight excluding hydrogens is 130 g/mol. The molecule has 1 aromatic rings. The Morgan fingerprint density at radius 3 is 2.70 bits per heavy atom. The predicted octanol–water partition coefficient (Wildman–Crippen LogP) is 1.56.